The lowest BCUT2D eigenvalue weighted by Crippen LogP contribution is -2.08. The normalized spacial score (nSPS) is 16.5. The van der Waals surface area contributed by atoms with Crippen molar-refractivity contribution in [3.8, 4) is 0 Å². The summed E-state index contributed by atoms with van der Waals surface area (Å²) in [6, 6.07) is 12.6. The number of unbranched alkanes of at least 4 members (excludes halogenated alkanes) is 1. The van der Waals surface area contributed by atoms with Crippen LogP contribution in [0.5, 0.6) is 0 Å². The van der Waals surface area contributed by atoms with Crippen LogP contribution in [0.3, 0.4) is 0 Å². The predicted molar refractivity (Wildman–Crippen MR) is 107 cm³/mol. The molecule has 0 radical (unpaired) electrons. The van der Waals surface area contributed by atoms with Crippen LogP contribution in [0.1, 0.15) is 55.9 Å². The largest absolute Gasteiger partial charge is 0.469 e. The number of hydrogen-bond acceptors (Lipinski definition) is 2. The number of rotatable bonds is 9. The highest BCUT2D eigenvalue weighted by molar-refractivity contribution is 5.81. The van der Waals surface area contributed by atoms with Gasteiger partial charge in [-0.05, 0) is 42.5 Å². The molecule has 1 aromatic carbocycles. The first kappa shape index (κ1) is 18.4. The lowest BCUT2D eigenvalue weighted by atomic mass is 9.84. The van der Waals surface area contributed by atoms with Gasteiger partial charge >= 0.3 is 0 Å². The van der Waals surface area contributed by atoms with Gasteiger partial charge in [-0.25, -0.2) is 0 Å². The molecular weight excluding hydrogens is 320 g/mol. The van der Waals surface area contributed by atoms with Crippen molar-refractivity contribution in [2.75, 3.05) is 0 Å². The Bertz CT molecular complexity index is 793. The number of Topliss-reactive ketones (excluding diaryl/α,β-unsaturated/α-hetero) is 1. The SMILES string of the molecule is CCCCC1C(CCC(=O)Cc2coc(C)c2)=CC=C1c1ccccc1. The van der Waals surface area contributed by atoms with Crippen LogP contribution in [-0.2, 0) is 11.2 Å². The van der Waals surface area contributed by atoms with Crippen molar-refractivity contribution in [1.82, 2.24) is 0 Å². The maximum atomic E-state index is 12.4. The van der Waals surface area contributed by atoms with Gasteiger partial charge in [-0.3, -0.25) is 4.79 Å². The smallest absolute Gasteiger partial charge is 0.137 e. The molecule has 1 heterocycles. The van der Waals surface area contributed by atoms with E-state index in [0.29, 0.717) is 18.8 Å². The van der Waals surface area contributed by atoms with Crippen molar-refractivity contribution in [1.29, 1.82) is 0 Å². The van der Waals surface area contributed by atoms with E-state index in [1.165, 1.54) is 29.6 Å². The van der Waals surface area contributed by atoms with Crippen LogP contribution in [0.25, 0.3) is 5.57 Å². The molecule has 3 rings (SSSR count). The molecule has 0 saturated carbocycles. The zero-order valence-electron chi connectivity index (χ0n) is 15.8. The molecule has 0 saturated heterocycles. The summed E-state index contributed by atoms with van der Waals surface area (Å²) in [6.45, 7) is 4.15. The third-order valence-electron chi connectivity index (χ3n) is 5.13. The minimum atomic E-state index is 0.286. The summed E-state index contributed by atoms with van der Waals surface area (Å²) < 4.78 is 5.30. The summed E-state index contributed by atoms with van der Waals surface area (Å²) in [5.74, 6) is 1.61. The monoisotopic (exact) mass is 348 g/mol. The van der Waals surface area contributed by atoms with E-state index in [1.807, 2.05) is 13.0 Å². The van der Waals surface area contributed by atoms with E-state index in [2.05, 4.69) is 49.4 Å². The number of benzene rings is 1. The van der Waals surface area contributed by atoms with E-state index < -0.39 is 0 Å². The predicted octanol–water partition coefficient (Wildman–Crippen LogP) is 6.31. The summed E-state index contributed by atoms with van der Waals surface area (Å²) >= 11 is 0. The van der Waals surface area contributed by atoms with Gasteiger partial charge in [0.05, 0.1) is 6.26 Å². The van der Waals surface area contributed by atoms with Crippen LogP contribution in [0, 0.1) is 12.8 Å². The van der Waals surface area contributed by atoms with Crippen molar-refractivity contribution in [2.45, 2.75) is 52.4 Å². The molecule has 1 aliphatic carbocycles. The number of hydrogen-bond donors (Lipinski definition) is 0. The first-order chi connectivity index (χ1) is 12.7. The number of carbonyl (C=O) groups is 1. The van der Waals surface area contributed by atoms with Crippen LogP contribution >= 0.6 is 0 Å². The van der Waals surface area contributed by atoms with Gasteiger partial charge in [0, 0.05) is 18.8 Å². The molecule has 2 nitrogen and oxygen atoms in total. The molecular formula is C24H28O2. The topological polar surface area (TPSA) is 30.2 Å². The number of aryl methyl sites for hydroxylation is 1. The first-order valence-electron chi connectivity index (χ1n) is 9.69. The first-order valence-corrected chi connectivity index (χ1v) is 9.69. The highest BCUT2D eigenvalue weighted by Gasteiger charge is 2.24. The Hall–Kier alpha value is -2.35. The quantitative estimate of drug-likeness (QED) is 0.531. The van der Waals surface area contributed by atoms with Gasteiger partial charge in [0.25, 0.3) is 0 Å². The number of carbonyl (C=O) groups excluding carboxylic acids is 1. The van der Waals surface area contributed by atoms with Gasteiger partial charge in [-0.1, -0.05) is 67.8 Å². The Morgan fingerprint density at radius 1 is 1.15 bits per heavy atom. The number of allylic oxidation sites excluding steroid dienone is 4. The minimum Gasteiger partial charge on any atom is -0.469 e. The Labute approximate surface area is 156 Å². The second-order valence-corrected chi connectivity index (χ2v) is 7.21. The van der Waals surface area contributed by atoms with E-state index >= 15 is 0 Å². The summed E-state index contributed by atoms with van der Waals surface area (Å²) in [5.41, 5.74) is 5.11. The molecule has 0 amide bonds. The average molecular weight is 348 g/mol. The third kappa shape index (κ3) is 4.63. The fraction of sp³-hybridized carbons (Fsp3) is 0.375. The number of furan rings is 1. The Morgan fingerprint density at radius 2 is 1.96 bits per heavy atom. The number of ketones is 1. The van der Waals surface area contributed by atoms with Crippen LogP contribution in [0.4, 0.5) is 0 Å². The standard InChI is InChI=1S/C24H28O2/c1-3-4-10-23-21(12-14-24(23)20-8-6-5-7-9-20)11-13-22(25)16-19-15-18(2)26-17-19/h5-9,12,14-15,17,23H,3-4,10-11,13,16H2,1-2H3. The zero-order valence-corrected chi connectivity index (χ0v) is 15.8. The van der Waals surface area contributed by atoms with Gasteiger partial charge < -0.3 is 4.42 Å². The lowest BCUT2D eigenvalue weighted by Gasteiger charge is -2.20. The molecule has 0 aliphatic heterocycles. The molecule has 2 heteroatoms. The fourth-order valence-electron chi connectivity index (χ4n) is 3.75. The molecule has 0 spiro atoms. The zero-order chi connectivity index (χ0) is 18.4. The minimum absolute atomic E-state index is 0.286. The molecule has 1 unspecified atom stereocenters. The molecule has 136 valence electrons. The van der Waals surface area contributed by atoms with Crippen LogP contribution in [-0.4, -0.2) is 5.78 Å². The Kier molecular flexibility index (Phi) is 6.27. The van der Waals surface area contributed by atoms with E-state index in [1.54, 1.807) is 6.26 Å². The maximum Gasteiger partial charge on any atom is 0.137 e. The fourth-order valence-corrected chi connectivity index (χ4v) is 3.75. The molecule has 1 aromatic heterocycles. The van der Waals surface area contributed by atoms with Gasteiger partial charge in [-0.2, -0.15) is 0 Å². The molecule has 2 aromatic rings. The van der Waals surface area contributed by atoms with Crippen LogP contribution in [0.2, 0.25) is 0 Å². The third-order valence-corrected chi connectivity index (χ3v) is 5.13. The van der Waals surface area contributed by atoms with Gasteiger partial charge in [0.1, 0.15) is 11.5 Å². The van der Waals surface area contributed by atoms with Crippen molar-refractivity contribution in [3.05, 3.63) is 77.3 Å². The van der Waals surface area contributed by atoms with E-state index in [0.717, 1.165) is 24.2 Å². The lowest BCUT2D eigenvalue weighted by molar-refractivity contribution is -0.118. The Balaban J connectivity index is 1.60. The molecule has 1 atom stereocenters. The maximum absolute atomic E-state index is 12.4. The molecule has 1 aliphatic rings. The Morgan fingerprint density at radius 3 is 2.65 bits per heavy atom. The van der Waals surface area contributed by atoms with Gasteiger partial charge in [0.2, 0.25) is 0 Å². The molecule has 0 fully saturated rings. The molecule has 26 heavy (non-hydrogen) atoms. The van der Waals surface area contributed by atoms with E-state index in [4.69, 9.17) is 4.42 Å². The van der Waals surface area contributed by atoms with Crippen molar-refractivity contribution in [3.63, 3.8) is 0 Å². The van der Waals surface area contributed by atoms with E-state index in [-0.39, 0.29) is 5.78 Å². The summed E-state index contributed by atoms with van der Waals surface area (Å²) in [6.07, 6.45) is 11.7. The molecule has 0 N–H and O–H groups in total. The van der Waals surface area contributed by atoms with Crippen molar-refractivity contribution in [2.24, 2.45) is 5.92 Å². The summed E-state index contributed by atoms with van der Waals surface area (Å²) in [5, 5.41) is 0. The van der Waals surface area contributed by atoms with Crippen molar-refractivity contribution < 1.29 is 9.21 Å². The van der Waals surface area contributed by atoms with Gasteiger partial charge in [-0.15, -0.1) is 0 Å². The molecule has 0 bridgehead atoms. The van der Waals surface area contributed by atoms with Crippen LogP contribution < -0.4 is 0 Å². The summed E-state index contributed by atoms with van der Waals surface area (Å²) in [4.78, 5) is 12.4. The second-order valence-electron chi connectivity index (χ2n) is 7.21. The van der Waals surface area contributed by atoms with Crippen molar-refractivity contribution >= 4 is 11.4 Å². The average Bonchev–Trinajstić information content (AvgIpc) is 3.24. The van der Waals surface area contributed by atoms with E-state index in [9.17, 15) is 4.79 Å². The highest BCUT2D eigenvalue weighted by atomic mass is 16.3. The van der Waals surface area contributed by atoms with Gasteiger partial charge in [0.15, 0.2) is 0 Å². The summed E-state index contributed by atoms with van der Waals surface area (Å²) in [7, 11) is 0. The van der Waals surface area contributed by atoms with Crippen LogP contribution in [0.15, 0.2) is 64.8 Å². The highest BCUT2D eigenvalue weighted by Crippen LogP contribution is 2.39. The second kappa shape index (κ2) is 8.84.